The lowest BCUT2D eigenvalue weighted by Crippen LogP contribution is -2.35. The van der Waals surface area contributed by atoms with E-state index in [2.05, 4.69) is 20.9 Å². The third kappa shape index (κ3) is 2.94. The minimum atomic E-state index is -0.769. The molecule has 0 bridgehead atoms. The van der Waals surface area contributed by atoms with Crippen LogP contribution in [0.3, 0.4) is 0 Å². The lowest BCUT2D eigenvalue weighted by Gasteiger charge is -2.22. The van der Waals surface area contributed by atoms with Crippen LogP contribution in [-0.4, -0.2) is 22.6 Å². The Labute approximate surface area is 108 Å². The minimum absolute atomic E-state index is 0.200. The average Bonchev–Trinajstić information content (AvgIpc) is 2.28. The summed E-state index contributed by atoms with van der Waals surface area (Å²) in [6, 6.07) is 0. The van der Waals surface area contributed by atoms with Crippen LogP contribution >= 0.6 is 15.9 Å². The fourth-order valence-corrected chi connectivity index (χ4v) is 1.76. The molecular weight excluding hydrogens is 288 g/mol. The van der Waals surface area contributed by atoms with Gasteiger partial charge in [0.2, 0.25) is 0 Å². The Hall–Kier alpha value is -1.17. The van der Waals surface area contributed by atoms with Crippen LogP contribution in [0.5, 0.6) is 0 Å². The summed E-state index contributed by atoms with van der Waals surface area (Å²) in [7, 11) is 1.33. The summed E-state index contributed by atoms with van der Waals surface area (Å²) in [6.07, 6.45) is 1.44. The van der Waals surface area contributed by atoms with Gasteiger partial charge in [-0.15, -0.1) is 0 Å². The lowest BCUT2D eigenvalue weighted by atomic mass is 9.93. The van der Waals surface area contributed by atoms with Crippen LogP contribution in [0.2, 0.25) is 0 Å². The molecule has 0 aliphatic carbocycles. The summed E-state index contributed by atoms with van der Waals surface area (Å²) in [5, 5.41) is 0. The zero-order valence-electron chi connectivity index (χ0n) is 10.3. The maximum absolute atomic E-state index is 11.9. The lowest BCUT2D eigenvalue weighted by molar-refractivity contribution is -0.151. The summed E-state index contributed by atoms with van der Waals surface area (Å²) >= 11 is 3.18. The standard InChI is InChI=1S/C11H15BrN2O3/c1-7-8(12)9(15)14(6-13-7)5-11(2,3)10(16)17-4/h6H,5H2,1-4H3. The minimum Gasteiger partial charge on any atom is -0.469 e. The number of hydrogen-bond acceptors (Lipinski definition) is 4. The second-order valence-corrected chi connectivity index (χ2v) is 5.25. The number of methoxy groups -OCH3 is 1. The average molecular weight is 303 g/mol. The first-order chi connectivity index (χ1) is 7.79. The molecule has 17 heavy (non-hydrogen) atoms. The first-order valence-corrected chi connectivity index (χ1v) is 5.89. The molecule has 6 heteroatoms. The van der Waals surface area contributed by atoms with Crippen LogP contribution in [0.25, 0.3) is 0 Å². The molecular formula is C11H15BrN2O3. The smallest absolute Gasteiger partial charge is 0.313 e. The van der Waals surface area contributed by atoms with Gasteiger partial charge in [-0.3, -0.25) is 14.2 Å². The summed E-state index contributed by atoms with van der Waals surface area (Å²) in [5.74, 6) is -0.360. The van der Waals surface area contributed by atoms with Gasteiger partial charge in [0.1, 0.15) is 4.47 Å². The number of hydrogen-bond donors (Lipinski definition) is 0. The van der Waals surface area contributed by atoms with Crippen molar-refractivity contribution >= 4 is 21.9 Å². The normalized spacial score (nSPS) is 11.4. The van der Waals surface area contributed by atoms with Crippen molar-refractivity contribution in [2.24, 2.45) is 5.41 Å². The van der Waals surface area contributed by atoms with Gasteiger partial charge in [-0.2, -0.15) is 0 Å². The molecule has 5 nitrogen and oxygen atoms in total. The van der Waals surface area contributed by atoms with Crippen LogP contribution in [0.1, 0.15) is 19.5 Å². The second kappa shape index (κ2) is 5.00. The van der Waals surface area contributed by atoms with Gasteiger partial charge in [-0.05, 0) is 36.7 Å². The zero-order valence-corrected chi connectivity index (χ0v) is 11.9. The number of esters is 1. The molecule has 1 rings (SSSR count). The van der Waals surface area contributed by atoms with Crippen molar-refractivity contribution in [2.45, 2.75) is 27.3 Å². The van der Waals surface area contributed by atoms with Gasteiger partial charge in [0.25, 0.3) is 5.56 Å². The molecule has 0 saturated carbocycles. The number of carbonyl (C=O) groups is 1. The Morgan fingerprint density at radius 2 is 2.18 bits per heavy atom. The molecule has 0 aliphatic heterocycles. The molecule has 0 spiro atoms. The van der Waals surface area contributed by atoms with Crippen molar-refractivity contribution in [1.29, 1.82) is 0 Å². The Bertz CT molecular complexity index is 494. The first kappa shape index (κ1) is 13.9. The van der Waals surface area contributed by atoms with E-state index in [4.69, 9.17) is 4.74 Å². The van der Waals surface area contributed by atoms with Crippen molar-refractivity contribution < 1.29 is 9.53 Å². The predicted molar refractivity (Wildman–Crippen MR) is 66.7 cm³/mol. The van der Waals surface area contributed by atoms with E-state index in [1.807, 2.05) is 0 Å². The van der Waals surface area contributed by atoms with E-state index in [0.29, 0.717) is 10.2 Å². The Balaban J connectivity index is 3.09. The van der Waals surface area contributed by atoms with Gasteiger partial charge in [0, 0.05) is 6.54 Å². The van der Waals surface area contributed by atoms with E-state index in [1.165, 1.54) is 18.0 Å². The largest absolute Gasteiger partial charge is 0.469 e. The predicted octanol–water partition coefficient (Wildman–Crippen LogP) is 1.51. The van der Waals surface area contributed by atoms with Gasteiger partial charge in [-0.1, -0.05) is 0 Å². The summed E-state index contributed by atoms with van der Waals surface area (Å²) in [4.78, 5) is 27.5. The van der Waals surface area contributed by atoms with Crippen LogP contribution < -0.4 is 5.56 Å². The molecule has 0 fully saturated rings. The molecule has 0 aromatic carbocycles. The van der Waals surface area contributed by atoms with Crippen molar-refractivity contribution in [3.8, 4) is 0 Å². The maximum atomic E-state index is 11.9. The molecule has 0 amide bonds. The molecule has 0 radical (unpaired) electrons. The highest BCUT2D eigenvalue weighted by Gasteiger charge is 2.29. The van der Waals surface area contributed by atoms with Crippen LogP contribution in [0, 0.1) is 12.3 Å². The van der Waals surface area contributed by atoms with E-state index in [9.17, 15) is 9.59 Å². The van der Waals surface area contributed by atoms with Gasteiger partial charge in [0.05, 0.1) is 24.5 Å². The van der Waals surface area contributed by atoms with Crippen molar-refractivity contribution in [3.05, 3.63) is 26.8 Å². The highest BCUT2D eigenvalue weighted by molar-refractivity contribution is 9.10. The molecule has 0 saturated heterocycles. The van der Waals surface area contributed by atoms with E-state index in [0.717, 1.165) is 0 Å². The maximum Gasteiger partial charge on any atom is 0.313 e. The molecule has 0 unspecified atom stereocenters. The number of halogens is 1. The molecule has 1 aromatic heterocycles. The monoisotopic (exact) mass is 302 g/mol. The molecule has 0 aliphatic rings. The molecule has 0 N–H and O–H groups in total. The number of aryl methyl sites for hydroxylation is 1. The van der Waals surface area contributed by atoms with E-state index in [-0.39, 0.29) is 18.1 Å². The molecule has 1 aromatic rings. The van der Waals surface area contributed by atoms with Gasteiger partial charge in [0.15, 0.2) is 0 Å². The zero-order chi connectivity index (χ0) is 13.2. The van der Waals surface area contributed by atoms with Gasteiger partial charge >= 0.3 is 5.97 Å². The fraction of sp³-hybridized carbons (Fsp3) is 0.545. The van der Waals surface area contributed by atoms with Crippen LogP contribution in [0.15, 0.2) is 15.6 Å². The molecule has 94 valence electrons. The van der Waals surface area contributed by atoms with Crippen molar-refractivity contribution in [2.75, 3.05) is 7.11 Å². The van der Waals surface area contributed by atoms with Crippen molar-refractivity contribution in [3.63, 3.8) is 0 Å². The Kier molecular flexibility index (Phi) is 4.08. The van der Waals surface area contributed by atoms with E-state index in [1.54, 1.807) is 20.8 Å². The van der Waals surface area contributed by atoms with Crippen LogP contribution in [-0.2, 0) is 16.1 Å². The highest BCUT2D eigenvalue weighted by Crippen LogP contribution is 2.19. The molecule has 1 heterocycles. The van der Waals surface area contributed by atoms with Crippen LogP contribution in [0.4, 0.5) is 0 Å². The molecule has 0 atom stereocenters. The topological polar surface area (TPSA) is 61.2 Å². The highest BCUT2D eigenvalue weighted by atomic mass is 79.9. The number of ether oxygens (including phenoxy) is 1. The summed E-state index contributed by atoms with van der Waals surface area (Å²) < 4.78 is 6.51. The number of aromatic nitrogens is 2. The van der Waals surface area contributed by atoms with E-state index < -0.39 is 5.41 Å². The first-order valence-electron chi connectivity index (χ1n) is 5.09. The number of rotatable bonds is 3. The number of carbonyl (C=O) groups excluding carboxylic acids is 1. The quantitative estimate of drug-likeness (QED) is 0.794. The van der Waals surface area contributed by atoms with Gasteiger partial charge < -0.3 is 4.74 Å². The summed E-state index contributed by atoms with van der Waals surface area (Å²) in [6.45, 7) is 5.41. The van der Waals surface area contributed by atoms with Gasteiger partial charge in [-0.25, -0.2) is 4.98 Å². The fourth-order valence-electron chi connectivity index (χ4n) is 1.43. The Morgan fingerprint density at radius 3 is 2.71 bits per heavy atom. The third-order valence-corrected chi connectivity index (χ3v) is 3.37. The Morgan fingerprint density at radius 1 is 1.59 bits per heavy atom. The summed E-state index contributed by atoms with van der Waals surface area (Å²) in [5.41, 5.74) is -0.341. The third-order valence-electron chi connectivity index (χ3n) is 2.46. The number of nitrogens with zero attached hydrogens (tertiary/aromatic N) is 2. The second-order valence-electron chi connectivity index (χ2n) is 4.45. The van der Waals surface area contributed by atoms with E-state index >= 15 is 0 Å². The SMILES string of the molecule is COC(=O)C(C)(C)Cn1cnc(C)c(Br)c1=O. The van der Waals surface area contributed by atoms with Crippen molar-refractivity contribution in [1.82, 2.24) is 9.55 Å².